The van der Waals surface area contributed by atoms with Crippen LogP contribution in [0.1, 0.15) is 15.9 Å². The third kappa shape index (κ3) is 3.08. The minimum absolute atomic E-state index is 0.105. The second-order valence-electron chi connectivity index (χ2n) is 5.12. The Hall–Kier alpha value is -2.05. The third-order valence-corrected chi connectivity index (χ3v) is 3.98. The van der Waals surface area contributed by atoms with Gasteiger partial charge < -0.3 is 15.4 Å². The van der Waals surface area contributed by atoms with Gasteiger partial charge in [-0.2, -0.15) is 5.10 Å². The van der Waals surface area contributed by atoms with E-state index in [1.54, 1.807) is 15.8 Å². The number of benzene rings is 1. The number of anilines is 1. The normalized spacial score (nSPS) is 15.0. The molecule has 3 rings (SSSR count). The first-order chi connectivity index (χ1) is 10.6. The zero-order chi connectivity index (χ0) is 15.5. The maximum atomic E-state index is 12.5. The fourth-order valence-electron chi connectivity index (χ4n) is 2.42. The van der Waals surface area contributed by atoms with Gasteiger partial charge in [0.05, 0.1) is 19.8 Å². The number of nitrogen functional groups attached to an aromatic ring is 1. The Labute approximate surface area is 133 Å². The number of carbonyl (C=O) groups excluding carboxylic acids is 1. The average Bonchev–Trinajstić information content (AvgIpc) is 2.90. The Morgan fingerprint density at radius 3 is 2.77 bits per heavy atom. The number of hydrogen-bond donors (Lipinski definition) is 1. The van der Waals surface area contributed by atoms with Crippen molar-refractivity contribution >= 4 is 23.3 Å². The summed E-state index contributed by atoms with van der Waals surface area (Å²) in [5.74, 6) is 0.134. The lowest BCUT2D eigenvalue weighted by Gasteiger charge is -2.26. The predicted molar refractivity (Wildman–Crippen MR) is 83.9 cm³/mol. The lowest BCUT2D eigenvalue weighted by atomic mass is 10.2. The topological polar surface area (TPSA) is 73.4 Å². The number of hydrogen-bond acceptors (Lipinski definition) is 4. The first-order valence-corrected chi connectivity index (χ1v) is 7.46. The number of nitrogens with two attached hydrogens (primary N) is 1. The molecule has 0 aliphatic carbocycles. The van der Waals surface area contributed by atoms with Gasteiger partial charge in [-0.25, -0.2) is 0 Å². The van der Waals surface area contributed by atoms with E-state index in [1.807, 2.05) is 24.3 Å². The number of aromatic nitrogens is 2. The maximum absolute atomic E-state index is 12.5. The van der Waals surface area contributed by atoms with Crippen LogP contribution in [0.5, 0.6) is 0 Å². The molecule has 1 saturated heterocycles. The van der Waals surface area contributed by atoms with Crippen molar-refractivity contribution in [3.8, 4) is 0 Å². The molecule has 6 nitrogen and oxygen atoms in total. The van der Waals surface area contributed by atoms with E-state index in [2.05, 4.69) is 5.10 Å². The Kier molecular flexibility index (Phi) is 4.31. The summed E-state index contributed by atoms with van der Waals surface area (Å²) in [4.78, 5) is 14.2. The summed E-state index contributed by atoms with van der Waals surface area (Å²) in [6.45, 7) is 2.74. The first-order valence-electron chi connectivity index (χ1n) is 7.08. The Morgan fingerprint density at radius 2 is 2.05 bits per heavy atom. The van der Waals surface area contributed by atoms with Crippen LogP contribution in [0, 0.1) is 0 Å². The van der Waals surface area contributed by atoms with Crippen LogP contribution in [-0.2, 0) is 11.3 Å². The summed E-state index contributed by atoms with van der Waals surface area (Å²) in [6.07, 6.45) is 1.68. The van der Waals surface area contributed by atoms with Crippen molar-refractivity contribution in [1.29, 1.82) is 0 Å². The number of ether oxygens (including phenoxy) is 1. The number of carbonyl (C=O) groups is 1. The van der Waals surface area contributed by atoms with Gasteiger partial charge in [-0.05, 0) is 11.6 Å². The molecular weight excluding hydrogens is 304 g/mol. The molecule has 7 heteroatoms. The molecule has 22 heavy (non-hydrogen) atoms. The summed E-state index contributed by atoms with van der Waals surface area (Å²) in [7, 11) is 0. The van der Waals surface area contributed by atoms with Crippen molar-refractivity contribution in [2.75, 3.05) is 32.0 Å². The molecule has 1 aromatic carbocycles. The van der Waals surface area contributed by atoms with Crippen LogP contribution in [0.4, 0.5) is 5.82 Å². The Balaban J connectivity index is 1.78. The number of morpholine rings is 1. The van der Waals surface area contributed by atoms with Gasteiger partial charge >= 0.3 is 0 Å². The van der Waals surface area contributed by atoms with Crippen LogP contribution >= 0.6 is 11.6 Å². The van der Waals surface area contributed by atoms with E-state index in [-0.39, 0.29) is 11.7 Å². The van der Waals surface area contributed by atoms with Gasteiger partial charge in [0, 0.05) is 24.3 Å². The van der Waals surface area contributed by atoms with Gasteiger partial charge in [0.15, 0.2) is 5.82 Å². The quantitative estimate of drug-likeness (QED) is 0.933. The third-order valence-electron chi connectivity index (χ3n) is 3.61. The Morgan fingerprint density at radius 1 is 1.32 bits per heavy atom. The highest BCUT2D eigenvalue weighted by atomic mass is 35.5. The number of halogens is 1. The molecule has 0 radical (unpaired) electrons. The molecule has 2 aromatic rings. The molecule has 1 fully saturated rings. The molecule has 1 aliphatic rings. The van der Waals surface area contributed by atoms with Crippen molar-refractivity contribution < 1.29 is 9.53 Å². The predicted octanol–water partition coefficient (Wildman–Crippen LogP) is 1.64. The summed E-state index contributed by atoms with van der Waals surface area (Å²) in [6, 6.07) is 7.53. The second kappa shape index (κ2) is 6.37. The van der Waals surface area contributed by atoms with Crippen LogP contribution < -0.4 is 5.73 Å². The minimum atomic E-state index is -0.105. The molecule has 2 heterocycles. The molecule has 0 bridgehead atoms. The van der Waals surface area contributed by atoms with Gasteiger partial charge in [0.2, 0.25) is 0 Å². The summed E-state index contributed by atoms with van der Waals surface area (Å²) >= 11 is 6.14. The lowest BCUT2D eigenvalue weighted by molar-refractivity contribution is 0.0303. The molecule has 1 aromatic heterocycles. The monoisotopic (exact) mass is 320 g/mol. The van der Waals surface area contributed by atoms with Gasteiger partial charge in [0.25, 0.3) is 5.91 Å². The molecule has 0 atom stereocenters. The maximum Gasteiger partial charge on any atom is 0.259 e. The number of amides is 1. The average molecular weight is 321 g/mol. The molecule has 116 valence electrons. The zero-order valence-corrected chi connectivity index (χ0v) is 12.8. The summed E-state index contributed by atoms with van der Waals surface area (Å²) in [5, 5.41) is 4.88. The van der Waals surface area contributed by atoms with E-state index in [4.69, 9.17) is 22.1 Å². The minimum Gasteiger partial charge on any atom is -0.382 e. The van der Waals surface area contributed by atoms with Gasteiger partial charge in [-0.15, -0.1) is 0 Å². The lowest BCUT2D eigenvalue weighted by Crippen LogP contribution is -2.40. The van der Waals surface area contributed by atoms with E-state index >= 15 is 0 Å². The molecule has 0 spiro atoms. The van der Waals surface area contributed by atoms with Gasteiger partial charge in [-0.1, -0.05) is 29.8 Å². The van der Waals surface area contributed by atoms with Crippen molar-refractivity contribution in [2.24, 2.45) is 0 Å². The van der Waals surface area contributed by atoms with Crippen LogP contribution in [0.25, 0.3) is 0 Å². The fraction of sp³-hybridized carbons (Fsp3) is 0.333. The molecule has 0 saturated carbocycles. The summed E-state index contributed by atoms with van der Waals surface area (Å²) < 4.78 is 6.90. The van der Waals surface area contributed by atoms with Gasteiger partial charge in [-0.3, -0.25) is 9.48 Å². The highest BCUT2D eigenvalue weighted by Gasteiger charge is 2.22. The first kappa shape index (κ1) is 14.9. The highest BCUT2D eigenvalue weighted by Crippen LogP contribution is 2.18. The molecule has 0 unspecified atom stereocenters. The zero-order valence-electron chi connectivity index (χ0n) is 12.0. The largest absolute Gasteiger partial charge is 0.382 e. The van der Waals surface area contributed by atoms with Crippen LogP contribution in [0.15, 0.2) is 30.5 Å². The molecular formula is C15H17ClN4O2. The smallest absolute Gasteiger partial charge is 0.259 e. The molecule has 1 aliphatic heterocycles. The fourth-order valence-corrected chi connectivity index (χ4v) is 2.62. The van der Waals surface area contributed by atoms with Crippen molar-refractivity contribution in [2.45, 2.75) is 6.54 Å². The van der Waals surface area contributed by atoms with E-state index in [9.17, 15) is 4.79 Å². The molecule has 1 amide bonds. The van der Waals surface area contributed by atoms with Crippen molar-refractivity contribution in [3.05, 3.63) is 46.6 Å². The van der Waals surface area contributed by atoms with E-state index in [0.29, 0.717) is 43.4 Å². The van der Waals surface area contributed by atoms with Gasteiger partial charge in [0.1, 0.15) is 5.56 Å². The number of nitrogens with zero attached hydrogens (tertiary/aromatic N) is 3. The van der Waals surface area contributed by atoms with Crippen molar-refractivity contribution in [3.63, 3.8) is 0 Å². The molecule has 2 N–H and O–H groups in total. The summed E-state index contributed by atoms with van der Waals surface area (Å²) in [5.41, 5.74) is 7.25. The number of rotatable bonds is 3. The van der Waals surface area contributed by atoms with Crippen LogP contribution in [0.3, 0.4) is 0 Å². The van der Waals surface area contributed by atoms with Crippen molar-refractivity contribution in [1.82, 2.24) is 14.7 Å². The van der Waals surface area contributed by atoms with Crippen LogP contribution in [0.2, 0.25) is 5.02 Å². The van der Waals surface area contributed by atoms with E-state index in [1.165, 1.54) is 0 Å². The van der Waals surface area contributed by atoms with E-state index < -0.39 is 0 Å². The highest BCUT2D eigenvalue weighted by molar-refractivity contribution is 6.31. The van der Waals surface area contributed by atoms with Crippen LogP contribution in [-0.4, -0.2) is 46.9 Å². The second-order valence-corrected chi connectivity index (χ2v) is 5.53. The SMILES string of the molecule is Nc1nn(Cc2ccccc2Cl)cc1C(=O)N1CCOCC1. The van der Waals surface area contributed by atoms with E-state index in [0.717, 1.165) is 5.56 Å². The Bertz CT molecular complexity index is 680. The standard InChI is InChI=1S/C15H17ClN4O2/c16-13-4-2-1-3-11(13)9-20-10-12(14(17)18-20)15(21)19-5-7-22-8-6-19/h1-4,10H,5-9H2,(H2,17,18).